The number of hydrogen-bond acceptors (Lipinski definition) is 2. The molecule has 2 nitrogen and oxygen atoms in total. The molecule has 2 heterocycles. The predicted octanol–water partition coefficient (Wildman–Crippen LogP) is 6.09. The molecular weight excluding hydrogens is 312 g/mol. The van der Waals surface area contributed by atoms with Gasteiger partial charge >= 0.3 is 0 Å². The van der Waals surface area contributed by atoms with E-state index < -0.39 is 0 Å². The second-order valence-corrected chi connectivity index (χ2v) is 6.83. The monoisotopic (exact) mass is 330 g/mol. The number of nitrogens with one attached hydrogen (secondary N) is 1. The maximum Gasteiger partial charge on any atom is 0.139 e. The Morgan fingerprint density at radius 3 is 1.96 bits per heavy atom. The first kappa shape index (κ1) is 14.9. The minimum atomic E-state index is 0.919. The zero-order valence-electron chi connectivity index (χ0n) is 13.7. The van der Waals surface area contributed by atoms with Crippen LogP contribution in [-0.2, 0) is 0 Å². The van der Waals surface area contributed by atoms with Gasteiger partial charge in [-0.1, -0.05) is 59.7 Å². The van der Waals surface area contributed by atoms with Gasteiger partial charge in [-0.15, -0.1) is 0 Å². The van der Waals surface area contributed by atoms with Crippen LogP contribution in [0.4, 0.5) is 0 Å². The van der Waals surface area contributed by atoms with Crippen LogP contribution in [0.1, 0.15) is 11.1 Å². The molecule has 0 saturated carbocycles. The number of nitrogens with zero attached hydrogens (tertiary/aromatic N) is 1. The first-order valence-corrected chi connectivity index (χ1v) is 8.91. The van der Waals surface area contributed by atoms with Gasteiger partial charge in [0.15, 0.2) is 0 Å². The highest BCUT2D eigenvalue weighted by Gasteiger charge is 2.15. The molecular formula is C21H18N2S. The van der Waals surface area contributed by atoms with E-state index in [1.165, 1.54) is 11.1 Å². The van der Waals surface area contributed by atoms with E-state index in [9.17, 15) is 0 Å². The quantitative estimate of drug-likeness (QED) is 0.484. The molecule has 0 aliphatic heterocycles. The molecule has 4 rings (SSSR count). The fourth-order valence-corrected chi connectivity index (χ4v) is 3.40. The molecule has 0 bridgehead atoms. The van der Waals surface area contributed by atoms with Gasteiger partial charge < -0.3 is 4.98 Å². The number of thiophene rings is 1. The molecule has 0 aliphatic carbocycles. The van der Waals surface area contributed by atoms with Crippen molar-refractivity contribution in [3.05, 3.63) is 76.5 Å². The van der Waals surface area contributed by atoms with Crippen molar-refractivity contribution in [3.63, 3.8) is 0 Å². The van der Waals surface area contributed by atoms with E-state index in [0.717, 1.165) is 33.9 Å². The van der Waals surface area contributed by atoms with Crippen LogP contribution in [0.3, 0.4) is 0 Å². The Hall–Kier alpha value is -2.65. The van der Waals surface area contributed by atoms with Gasteiger partial charge in [0.1, 0.15) is 5.82 Å². The number of hydrogen-bond donors (Lipinski definition) is 1. The minimum absolute atomic E-state index is 0.919. The van der Waals surface area contributed by atoms with E-state index >= 15 is 0 Å². The van der Waals surface area contributed by atoms with Gasteiger partial charge in [-0.2, -0.15) is 11.3 Å². The number of benzene rings is 2. The van der Waals surface area contributed by atoms with Gasteiger partial charge in [0, 0.05) is 22.1 Å². The topological polar surface area (TPSA) is 28.7 Å². The molecule has 0 fully saturated rings. The van der Waals surface area contributed by atoms with Crippen molar-refractivity contribution in [1.82, 2.24) is 9.97 Å². The summed E-state index contributed by atoms with van der Waals surface area (Å²) in [4.78, 5) is 8.43. The smallest absolute Gasteiger partial charge is 0.139 e. The average molecular weight is 330 g/mol. The molecule has 0 saturated heterocycles. The van der Waals surface area contributed by atoms with Gasteiger partial charge in [0.2, 0.25) is 0 Å². The van der Waals surface area contributed by atoms with Crippen LogP contribution >= 0.6 is 11.3 Å². The average Bonchev–Trinajstić information content (AvgIpc) is 3.26. The highest BCUT2D eigenvalue weighted by molar-refractivity contribution is 7.08. The lowest BCUT2D eigenvalue weighted by molar-refractivity contribution is 1.32. The molecule has 24 heavy (non-hydrogen) atoms. The lowest BCUT2D eigenvalue weighted by Crippen LogP contribution is -1.84. The summed E-state index contributed by atoms with van der Waals surface area (Å²) in [6, 6.07) is 19.2. The van der Waals surface area contributed by atoms with Gasteiger partial charge in [-0.3, -0.25) is 0 Å². The predicted molar refractivity (Wildman–Crippen MR) is 102 cm³/mol. The summed E-state index contributed by atoms with van der Waals surface area (Å²) < 4.78 is 0. The third-order valence-corrected chi connectivity index (χ3v) is 4.85. The summed E-state index contributed by atoms with van der Waals surface area (Å²) in [5.74, 6) is 0.919. The fourth-order valence-electron chi connectivity index (χ4n) is 2.76. The van der Waals surface area contributed by atoms with Gasteiger partial charge in [-0.25, -0.2) is 4.98 Å². The van der Waals surface area contributed by atoms with Crippen LogP contribution in [0.25, 0.3) is 33.9 Å². The molecule has 2 aromatic heterocycles. The Morgan fingerprint density at radius 1 is 0.750 bits per heavy atom. The first-order chi connectivity index (χ1) is 11.7. The zero-order chi connectivity index (χ0) is 16.5. The maximum atomic E-state index is 4.90. The molecule has 2 aromatic carbocycles. The van der Waals surface area contributed by atoms with E-state index in [0.29, 0.717) is 0 Å². The largest absolute Gasteiger partial charge is 0.337 e. The highest BCUT2D eigenvalue weighted by atomic mass is 32.1. The Bertz CT molecular complexity index is 883. The van der Waals surface area contributed by atoms with E-state index in [2.05, 4.69) is 84.2 Å². The Labute approximate surface area is 145 Å². The lowest BCUT2D eigenvalue weighted by Gasteiger charge is -2.04. The van der Waals surface area contributed by atoms with Crippen molar-refractivity contribution in [2.75, 3.05) is 0 Å². The van der Waals surface area contributed by atoms with Crippen molar-refractivity contribution in [2.24, 2.45) is 0 Å². The standard InChI is InChI=1S/C21H18N2S/c1-14-3-7-16(8-4-14)19-20(17-9-5-15(2)6-10-17)23-21(22-19)18-11-12-24-13-18/h3-13H,1-2H3,(H,22,23). The van der Waals surface area contributed by atoms with E-state index in [1.54, 1.807) is 11.3 Å². The molecule has 0 radical (unpaired) electrons. The fraction of sp³-hybridized carbons (Fsp3) is 0.0952. The number of aromatic nitrogens is 2. The van der Waals surface area contributed by atoms with Crippen LogP contribution < -0.4 is 0 Å². The van der Waals surface area contributed by atoms with Crippen molar-refractivity contribution in [2.45, 2.75) is 13.8 Å². The van der Waals surface area contributed by atoms with Crippen LogP contribution in [-0.4, -0.2) is 9.97 Å². The molecule has 0 aliphatic rings. The van der Waals surface area contributed by atoms with Crippen LogP contribution in [0.5, 0.6) is 0 Å². The number of aryl methyl sites for hydroxylation is 2. The zero-order valence-corrected chi connectivity index (χ0v) is 14.5. The molecule has 3 heteroatoms. The SMILES string of the molecule is Cc1ccc(-c2nc(-c3ccsc3)[nH]c2-c2ccc(C)cc2)cc1. The molecule has 0 spiro atoms. The van der Waals surface area contributed by atoms with Gasteiger partial charge in [0.05, 0.1) is 11.4 Å². The van der Waals surface area contributed by atoms with E-state index in [-0.39, 0.29) is 0 Å². The molecule has 118 valence electrons. The molecule has 0 amide bonds. The number of aromatic amines is 1. The minimum Gasteiger partial charge on any atom is -0.337 e. The van der Waals surface area contributed by atoms with Gasteiger partial charge in [0.25, 0.3) is 0 Å². The summed E-state index contributed by atoms with van der Waals surface area (Å²) in [7, 11) is 0. The molecule has 0 atom stereocenters. The summed E-state index contributed by atoms with van der Waals surface area (Å²) in [5, 5.41) is 4.20. The third-order valence-electron chi connectivity index (χ3n) is 4.16. The summed E-state index contributed by atoms with van der Waals surface area (Å²) in [6.45, 7) is 4.21. The van der Waals surface area contributed by atoms with E-state index in [4.69, 9.17) is 4.98 Å². The Balaban J connectivity index is 1.89. The number of imidazole rings is 1. The van der Waals surface area contributed by atoms with Crippen molar-refractivity contribution >= 4 is 11.3 Å². The third kappa shape index (κ3) is 2.79. The Kier molecular flexibility index (Phi) is 3.79. The summed E-state index contributed by atoms with van der Waals surface area (Å²) >= 11 is 1.69. The van der Waals surface area contributed by atoms with Gasteiger partial charge in [-0.05, 0) is 25.3 Å². The number of rotatable bonds is 3. The van der Waals surface area contributed by atoms with Crippen molar-refractivity contribution in [1.29, 1.82) is 0 Å². The second-order valence-electron chi connectivity index (χ2n) is 6.05. The van der Waals surface area contributed by atoms with Crippen LogP contribution in [0, 0.1) is 13.8 Å². The molecule has 4 aromatic rings. The first-order valence-electron chi connectivity index (χ1n) is 7.97. The molecule has 1 N–H and O–H groups in total. The lowest BCUT2D eigenvalue weighted by atomic mass is 10.0. The normalized spacial score (nSPS) is 10.9. The van der Waals surface area contributed by atoms with Crippen molar-refractivity contribution < 1.29 is 0 Å². The highest BCUT2D eigenvalue weighted by Crippen LogP contribution is 2.33. The Morgan fingerprint density at radius 2 is 1.38 bits per heavy atom. The van der Waals surface area contributed by atoms with E-state index in [1.807, 2.05) is 0 Å². The molecule has 0 unspecified atom stereocenters. The maximum absolute atomic E-state index is 4.90. The summed E-state index contributed by atoms with van der Waals surface area (Å²) in [5.41, 5.74) is 8.00. The summed E-state index contributed by atoms with van der Waals surface area (Å²) in [6.07, 6.45) is 0. The van der Waals surface area contributed by atoms with Crippen LogP contribution in [0.2, 0.25) is 0 Å². The van der Waals surface area contributed by atoms with Crippen LogP contribution in [0.15, 0.2) is 65.4 Å². The van der Waals surface area contributed by atoms with Crippen molar-refractivity contribution in [3.8, 4) is 33.9 Å². The number of H-pyrrole nitrogens is 1. The second kappa shape index (κ2) is 6.10.